The van der Waals surface area contributed by atoms with Gasteiger partial charge in [0.2, 0.25) is 5.91 Å². The van der Waals surface area contributed by atoms with Crippen LogP contribution in [0.3, 0.4) is 0 Å². The molecule has 0 spiro atoms. The molecule has 0 radical (unpaired) electrons. The van der Waals surface area contributed by atoms with Crippen LogP contribution in [0, 0.1) is 17.7 Å². The summed E-state index contributed by atoms with van der Waals surface area (Å²) in [6, 6.07) is 3.83. The number of fused-ring (bicyclic) bond motifs is 3. The average Bonchev–Trinajstić information content (AvgIpc) is 3.36. The van der Waals surface area contributed by atoms with Crippen molar-refractivity contribution in [2.24, 2.45) is 11.8 Å². The number of carbonyl (C=O) groups excluding carboxylic acids is 1. The second kappa shape index (κ2) is 10.6. The minimum Gasteiger partial charge on any atom is -0.481 e. The molecule has 2 aromatic carbocycles. The maximum Gasteiger partial charge on any atom is 0.435 e. The highest BCUT2D eigenvalue weighted by Gasteiger charge is 2.74. The second-order valence-corrected chi connectivity index (χ2v) is 13.5. The summed E-state index contributed by atoms with van der Waals surface area (Å²) >= 11 is 0. The number of hydrogen-bond acceptors (Lipinski definition) is 5. The number of nitrogens with zero attached hydrogens (tertiary/aromatic N) is 1. The summed E-state index contributed by atoms with van der Waals surface area (Å²) in [5, 5.41) is 11.9. The minimum atomic E-state index is -6.40. The third-order valence-corrected chi connectivity index (χ3v) is 11.6. The van der Waals surface area contributed by atoms with Gasteiger partial charge >= 0.3 is 24.0 Å². The predicted octanol–water partition coefficient (Wildman–Crippen LogP) is 5.70. The third-order valence-electron chi connectivity index (χ3n) is 9.07. The first-order chi connectivity index (χ1) is 20.4. The first kappa shape index (κ1) is 32.0. The van der Waals surface area contributed by atoms with Crippen LogP contribution in [0.5, 0.6) is 0 Å². The van der Waals surface area contributed by atoms with E-state index in [2.05, 4.69) is 5.32 Å². The molecule has 2 atom stereocenters. The Balaban J connectivity index is 1.63. The van der Waals surface area contributed by atoms with Crippen molar-refractivity contribution in [2.75, 3.05) is 18.4 Å². The van der Waals surface area contributed by atoms with E-state index in [0.717, 1.165) is 24.3 Å². The Kier molecular flexibility index (Phi) is 7.69. The maximum atomic E-state index is 14.9. The number of sulfone groups is 1. The molecule has 1 amide bonds. The number of aliphatic carboxylic acids is 1. The third kappa shape index (κ3) is 4.70. The van der Waals surface area contributed by atoms with Crippen molar-refractivity contribution in [3.05, 3.63) is 59.4 Å². The van der Waals surface area contributed by atoms with Crippen molar-refractivity contribution in [1.82, 2.24) is 4.90 Å². The molecule has 1 aliphatic carbocycles. The number of hydrogen-bond donors (Lipinski definition) is 2. The smallest absolute Gasteiger partial charge is 0.435 e. The number of rotatable bonds is 5. The number of anilines is 1. The number of carbonyl (C=O) groups is 2. The zero-order valence-electron chi connectivity index (χ0n) is 22.7. The highest BCUT2D eigenvalue weighted by molar-refractivity contribution is 7.92. The van der Waals surface area contributed by atoms with E-state index in [1.807, 2.05) is 0 Å². The molecule has 7 nitrogen and oxygen atoms in total. The number of benzene rings is 2. The molecule has 2 heterocycles. The predicted molar refractivity (Wildman–Crippen MR) is 138 cm³/mol. The molecule has 2 N–H and O–H groups in total. The molecule has 2 aliphatic heterocycles. The Morgan fingerprint density at radius 3 is 2.09 bits per heavy atom. The van der Waals surface area contributed by atoms with Gasteiger partial charge in [-0.1, -0.05) is 18.2 Å². The normalized spacial score (nSPS) is 26.0. The molecule has 2 aromatic rings. The van der Waals surface area contributed by atoms with Crippen LogP contribution in [0.15, 0.2) is 47.4 Å². The van der Waals surface area contributed by atoms with Gasteiger partial charge in [0.15, 0.2) is 9.84 Å². The lowest BCUT2D eigenvalue weighted by Gasteiger charge is -2.44. The van der Waals surface area contributed by atoms with E-state index in [-0.39, 0.29) is 56.3 Å². The van der Waals surface area contributed by atoms with E-state index in [0.29, 0.717) is 6.07 Å². The average molecular weight is 655 g/mol. The first-order valence-electron chi connectivity index (χ1n) is 13.6. The van der Waals surface area contributed by atoms with Crippen LogP contribution in [0.1, 0.15) is 43.2 Å². The second-order valence-electron chi connectivity index (χ2n) is 11.3. The van der Waals surface area contributed by atoms with E-state index in [1.54, 1.807) is 0 Å². The van der Waals surface area contributed by atoms with Gasteiger partial charge in [0.1, 0.15) is 10.6 Å². The lowest BCUT2D eigenvalue weighted by Crippen LogP contribution is -2.56. The van der Waals surface area contributed by atoms with Crippen molar-refractivity contribution >= 4 is 27.4 Å². The van der Waals surface area contributed by atoms with E-state index >= 15 is 0 Å². The fourth-order valence-electron chi connectivity index (χ4n) is 6.81. The molecule has 16 heteroatoms. The van der Waals surface area contributed by atoms with Gasteiger partial charge in [-0.3, -0.25) is 9.59 Å². The molecular weight excluding hydrogens is 628 g/mol. The standard InChI is InChI=1S/C28H26F8N2O5S/c29-18-2-1-3-19(13-18)44(42,43)25-10-11-38(23(39)15-4-6-16(7-5-15)24(40)41)22(25)14-37-21-12-17(8-9-20(21)25)26(30,27(31,32)33)28(34,35)36/h1-3,8-9,12-13,15-16,22,37H,4-7,10-11,14H2,(H,40,41). The van der Waals surface area contributed by atoms with Crippen LogP contribution in [0.4, 0.5) is 40.8 Å². The molecule has 3 aliphatic rings. The number of carboxylic acid groups (broad SMARTS) is 1. The summed E-state index contributed by atoms with van der Waals surface area (Å²) in [5.41, 5.74) is -8.39. The van der Waals surface area contributed by atoms with E-state index in [1.165, 1.54) is 4.90 Å². The van der Waals surface area contributed by atoms with Gasteiger partial charge in [-0.05, 0) is 61.9 Å². The highest BCUT2D eigenvalue weighted by atomic mass is 32.2. The Bertz CT molecular complexity index is 1570. The lowest BCUT2D eigenvalue weighted by atomic mass is 9.80. The highest BCUT2D eigenvalue weighted by Crippen LogP contribution is 2.57. The fourth-order valence-corrected chi connectivity index (χ4v) is 9.15. The minimum absolute atomic E-state index is 0.183. The lowest BCUT2D eigenvalue weighted by molar-refractivity contribution is -0.348. The summed E-state index contributed by atoms with van der Waals surface area (Å²) in [4.78, 5) is 25.8. The van der Waals surface area contributed by atoms with Crippen LogP contribution >= 0.6 is 0 Å². The summed E-state index contributed by atoms with van der Waals surface area (Å²) in [6.07, 6.45) is -12.3. The molecular formula is C28H26F8N2O5S. The number of carboxylic acids is 1. The van der Waals surface area contributed by atoms with Gasteiger partial charge < -0.3 is 15.3 Å². The molecule has 2 unspecified atom stereocenters. The monoisotopic (exact) mass is 654 g/mol. The number of nitrogens with one attached hydrogen (secondary N) is 1. The van der Waals surface area contributed by atoms with Gasteiger partial charge in [0.25, 0.3) is 0 Å². The first-order valence-corrected chi connectivity index (χ1v) is 15.1. The summed E-state index contributed by atoms with van der Waals surface area (Å²) in [7, 11) is -4.71. The molecule has 1 saturated carbocycles. The number of alkyl halides is 7. The van der Waals surface area contributed by atoms with Crippen LogP contribution in [0.2, 0.25) is 0 Å². The number of likely N-dealkylation sites (tertiary alicyclic amines) is 1. The van der Waals surface area contributed by atoms with Crippen LogP contribution < -0.4 is 5.32 Å². The molecule has 1 saturated heterocycles. The van der Waals surface area contributed by atoms with Crippen LogP contribution in [0.25, 0.3) is 0 Å². The quantitative estimate of drug-likeness (QED) is 0.401. The van der Waals surface area contributed by atoms with Crippen LogP contribution in [-0.2, 0) is 29.8 Å². The van der Waals surface area contributed by atoms with Gasteiger partial charge in [0, 0.05) is 30.3 Å². The summed E-state index contributed by atoms with van der Waals surface area (Å²) in [5.74, 6) is -3.69. The molecule has 0 aromatic heterocycles. The Morgan fingerprint density at radius 1 is 0.909 bits per heavy atom. The SMILES string of the molecule is O=C(O)C1CCC(C(=O)N2CCC3(S(=O)(=O)c4cccc(F)c4)c4ccc(C(F)(C(F)(F)F)C(F)(F)F)cc4NCC23)CC1. The Labute approximate surface area is 246 Å². The molecule has 2 fully saturated rings. The molecule has 240 valence electrons. The zero-order chi connectivity index (χ0) is 32.5. The number of halogens is 8. The largest absolute Gasteiger partial charge is 0.481 e. The summed E-state index contributed by atoms with van der Waals surface area (Å²) in [6.45, 7) is -0.629. The van der Waals surface area contributed by atoms with Crippen LogP contribution in [-0.4, -0.2) is 61.8 Å². The van der Waals surface area contributed by atoms with E-state index < -0.39 is 90.9 Å². The molecule has 44 heavy (non-hydrogen) atoms. The van der Waals surface area contributed by atoms with Crippen molar-refractivity contribution in [3.8, 4) is 0 Å². The zero-order valence-corrected chi connectivity index (χ0v) is 23.5. The van der Waals surface area contributed by atoms with Crippen molar-refractivity contribution in [3.63, 3.8) is 0 Å². The van der Waals surface area contributed by atoms with E-state index in [9.17, 15) is 58.2 Å². The number of amides is 1. The van der Waals surface area contributed by atoms with Crippen molar-refractivity contribution in [2.45, 2.75) is 65.8 Å². The maximum absolute atomic E-state index is 14.9. The Morgan fingerprint density at radius 2 is 1.52 bits per heavy atom. The van der Waals surface area contributed by atoms with Crippen molar-refractivity contribution < 1.29 is 58.2 Å². The summed E-state index contributed by atoms with van der Waals surface area (Å²) < 4.78 is 137. The van der Waals surface area contributed by atoms with Gasteiger partial charge in [-0.15, -0.1) is 0 Å². The van der Waals surface area contributed by atoms with Gasteiger partial charge in [0.05, 0.1) is 16.9 Å². The van der Waals surface area contributed by atoms with E-state index in [4.69, 9.17) is 0 Å². The molecule has 5 rings (SSSR count). The molecule has 0 bridgehead atoms. The van der Waals surface area contributed by atoms with Crippen molar-refractivity contribution in [1.29, 1.82) is 0 Å². The topological polar surface area (TPSA) is 104 Å². The van der Waals surface area contributed by atoms with Gasteiger partial charge in [-0.2, -0.15) is 26.3 Å². The fraction of sp³-hybridized carbons (Fsp3) is 0.500. The van der Waals surface area contributed by atoms with Gasteiger partial charge in [-0.25, -0.2) is 17.2 Å². The Hall–Kier alpha value is -3.43.